The average Bonchev–Trinajstić information content (AvgIpc) is 3.34. The van der Waals surface area contributed by atoms with E-state index in [1.165, 1.54) is 36.9 Å². The number of hydrogen-bond donors (Lipinski definition) is 2. The van der Waals surface area contributed by atoms with Crippen LogP contribution in [0, 0.1) is 0 Å². The van der Waals surface area contributed by atoms with E-state index in [-0.39, 0.29) is 0 Å². The summed E-state index contributed by atoms with van der Waals surface area (Å²) >= 11 is 6.54. The number of H-pyrrole nitrogens is 1. The van der Waals surface area contributed by atoms with Crippen LogP contribution in [0.25, 0.3) is 10.9 Å². The zero-order valence-corrected chi connectivity index (χ0v) is 14.8. The fraction of sp³-hybridized carbons (Fsp3) is 0.350. The number of nitrogens with one attached hydrogen (secondary N) is 2. The van der Waals surface area contributed by atoms with Crippen LogP contribution < -0.4 is 10.2 Å². The van der Waals surface area contributed by atoms with Crippen LogP contribution in [0.3, 0.4) is 0 Å². The maximum Gasteiger partial charge on any atom is 0.157 e. The maximum absolute atomic E-state index is 6.54. The van der Waals surface area contributed by atoms with Gasteiger partial charge in [-0.25, -0.2) is 4.98 Å². The van der Waals surface area contributed by atoms with Crippen molar-refractivity contribution in [1.82, 2.24) is 9.97 Å². The van der Waals surface area contributed by atoms with E-state index in [0.29, 0.717) is 11.2 Å². The number of rotatable bonds is 3. The predicted molar refractivity (Wildman–Crippen MR) is 104 cm³/mol. The minimum absolute atomic E-state index is 0.591. The number of hydrogen-bond acceptors (Lipinski definition) is 3. The SMILES string of the molecule is Clc1nc2c(c3[nH]c(Cc4ccccc4)cc13)NCN2C1CCCC1. The fourth-order valence-corrected chi connectivity index (χ4v) is 4.46. The van der Waals surface area contributed by atoms with E-state index in [1.807, 2.05) is 6.07 Å². The third-order valence-corrected chi connectivity index (χ3v) is 5.76. The molecule has 5 rings (SSSR count). The second-order valence-electron chi connectivity index (χ2n) is 7.09. The Hall–Kier alpha value is -2.20. The molecule has 128 valence electrons. The molecular weight excluding hydrogens is 332 g/mol. The lowest BCUT2D eigenvalue weighted by atomic mass is 10.1. The zero-order chi connectivity index (χ0) is 16.8. The molecule has 1 saturated carbocycles. The minimum Gasteiger partial charge on any atom is -0.363 e. The summed E-state index contributed by atoms with van der Waals surface area (Å²) in [5, 5.41) is 5.15. The summed E-state index contributed by atoms with van der Waals surface area (Å²) in [5.74, 6) is 1.01. The normalized spacial score (nSPS) is 17.2. The molecule has 2 N–H and O–H groups in total. The Morgan fingerprint density at radius 2 is 1.96 bits per heavy atom. The molecule has 4 nitrogen and oxygen atoms in total. The topological polar surface area (TPSA) is 44.0 Å². The number of nitrogens with zero attached hydrogens (tertiary/aromatic N) is 2. The van der Waals surface area contributed by atoms with E-state index in [4.69, 9.17) is 16.6 Å². The number of halogens is 1. The minimum atomic E-state index is 0.591. The summed E-state index contributed by atoms with van der Waals surface area (Å²) in [4.78, 5) is 10.7. The monoisotopic (exact) mass is 352 g/mol. The average molecular weight is 353 g/mol. The van der Waals surface area contributed by atoms with Crippen LogP contribution in [-0.4, -0.2) is 22.7 Å². The van der Waals surface area contributed by atoms with Crippen LogP contribution in [0.5, 0.6) is 0 Å². The van der Waals surface area contributed by atoms with E-state index < -0.39 is 0 Å². The van der Waals surface area contributed by atoms with Crippen LogP contribution in [-0.2, 0) is 6.42 Å². The van der Waals surface area contributed by atoms with Crippen LogP contribution in [0.15, 0.2) is 36.4 Å². The summed E-state index contributed by atoms with van der Waals surface area (Å²) in [6.07, 6.45) is 6.00. The van der Waals surface area contributed by atoms with Gasteiger partial charge in [0, 0.05) is 23.5 Å². The fourth-order valence-electron chi connectivity index (χ4n) is 4.23. The standard InChI is InChI=1S/C20H21ClN4/c21-19-16-11-14(10-13-6-2-1-3-7-13)23-17(16)18-20(24-19)25(12-22-18)15-8-4-5-9-15/h1-3,6-7,11,15,22-23H,4-5,8-10,12H2. The van der Waals surface area contributed by atoms with Gasteiger partial charge in [-0.15, -0.1) is 0 Å². The molecule has 1 aromatic carbocycles. The molecule has 0 radical (unpaired) electrons. The van der Waals surface area contributed by atoms with E-state index in [0.717, 1.165) is 35.5 Å². The van der Waals surface area contributed by atoms with Gasteiger partial charge in [0.05, 0.1) is 12.2 Å². The Morgan fingerprint density at radius 1 is 1.16 bits per heavy atom. The molecule has 3 heterocycles. The van der Waals surface area contributed by atoms with Crippen molar-refractivity contribution in [1.29, 1.82) is 0 Å². The first kappa shape index (κ1) is 15.1. The van der Waals surface area contributed by atoms with Gasteiger partial charge in [0.15, 0.2) is 5.82 Å². The number of anilines is 2. The summed E-state index contributed by atoms with van der Waals surface area (Å²) in [7, 11) is 0. The Kier molecular flexibility index (Phi) is 3.59. The van der Waals surface area contributed by atoms with Gasteiger partial charge in [-0.2, -0.15) is 0 Å². The van der Waals surface area contributed by atoms with E-state index in [1.54, 1.807) is 0 Å². The van der Waals surface area contributed by atoms with Crippen molar-refractivity contribution in [3.8, 4) is 0 Å². The van der Waals surface area contributed by atoms with Crippen molar-refractivity contribution < 1.29 is 0 Å². The highest BCUT2D eigenvalue weighted by Gasteiger charge is 2.31. The van der Waals surface area contributed by atoms with E-state index >= 15 is 0 Å². The van der Waals surface area contributed by atoms with Gasteiger partial charge in [0.25, 0.3) is 0 Å². The molecule has 1 fully saturated rings. The second-order valence-corrected chi connectivity index (χ2v) is 7.45. The third kappa shape index (κ3) is 2.56. The van der Waals surface area contributed by atoms with E-state index in [9.17, 15) is 0 Å². The van der Waals surface area contributed by atoms with Gasteiger partial charge >= 0.3 is 0 Å². The van der Waals surface area contributed by atoms with Crippen molar-refractivity contribution in [2.24, 2.45) is 0 Å². The molecule has 0 atom stereocenters. The molecule has 0 saturated heterocycles. The first-order chi connectivity index (χ1) is 12.3. The van der Waals surface area contributed by atoms with E-state index in [2.05, 4.69) is 45.5 Å². The predicted octanol–water partition coefficient (Wildman–Crippen LogP) is 4.94. The lowest BCUT2D eigenvalue weighted by Gasteiger charge is -2.24. The summed E-state index contributed by atoms with van der Waals surface area (Å²) < 4.78 is 0. The molecular formula is C20H21ClN4. The van der Waals surface area contributed by atoms with Gasteiger partial charge in [0.1, 0.15) is 10.8 Å². The molecule has 3 aromatic rings. The van der Waals surface area contributed by atoms with Crippen LogP contribution in [0.1, 0.15) is 36.9 Å². The molecule has 25 heavy (non-hydrogen) atoms. The van der Waals surface area contributed by atoms with Gasteiger partial charge in [-0.05, 0) is 24.5 Å². The second kappa shape index (κ2) is 5.95. The molecule has 2 aliphatic rings. The number of pyridine rings is 1. The lowest BCUT2D eigenvalue weighted by molar-refractivity contribution is 0.630. The quantitative estimate of drug-likeness (QED) is 0.656. The molecule has 0 spiro atoms. The number of fused-ring (bicyclic) bond motifs is 3. The largest absolute Gasteiger partial charge is 0.363 e. The summed E-state index contributed by atoms with van der Waals surface area (Å²) in [6, 6.07) is 13.2. The Bertz CT molecular complexity index is 912. The van der Waals surface area contributed by atoms with Gasteiger partial charge < -0.3 is 15.2 Å². The molecule has 0 bridgehead atoms. The van der Waals surface area contributed by atoms with Crippen molar-refractivity contribution in [2.45, 2.75) is 38.1 Å². The van der Waals surface area contributed by atoms with Gasteiger partial charge in [-0.3, -0.25) is 0 Å². The molecule has 1 aliphatic carbocycles. The molecule has 0 unspecified atom stereocenters. The maximum atomic E-state index is 6.54. The first-order valence-electron chi connectivity index (χ1n) is 9.05. The van der Waals surface area contributed by atoms with Crippen LogP contribution in [0.4, 0.5) is 11.5 Å². The highest BCUT2D eigenvalue weighted by atomic mass is 35.5. The highest BCUT2D eigenvalue weighted by Crippen LogP contribution is 2.42. The highest BCUT2D eigenvalue weighted by molar-refractivity contribution is 6.35. The Labute approximate surface area is 152 Å². The third-order valence-electron chi connectivity index (χ3n) is 5.47. The van der Waals surface area contributed by atoms with Crippen molar-refractivity contribution in [3.63, 3.8) is 0 Å². The zero-order valence-electron chi connectivity index (χ0n) is 14.1. The number of aromatic amines is 1. The number of aromatic nitrogens is 2. The van der Waals surface area contributed by atoms with Crippen molar-refractivity contribution in [3.05, 3.63) is 52.8 Å². The molecule has 0 amide bonds. The van der Waals surface area contributed by atoms with Gasteiger partial charge in [0.2, 0.25) is 0 Å². The van der Waals surface area contributed by atoms with Crippen LogP contribution in [0.2, 0.25) is 5.15 Å². The molecule has 1 aliphatic heterocycles. The van der Waals surface area contributed by atoms with Gasteiger partial charge in [-0.1, -0.05) is 54.8 Å². The smallest absolute Gasteiger partial charge is 0.157 e. The Balaban J connectivity index is 1.55. The van der Waals surface area contributed by atoms with Crippen LogP contribution >= 0.6 is 11.6 Å². The van der Waals surface area contributed by atoms with Crippen molar-refractivity contribution >= 4 is 34.0 Å². The summed E-state index contributed by atoms with van der Waals surface area (Å²) in [5.41, 5.74) is 4.64. The van der Waals surface area contributed by atoms with Crippen molar-refractivity contribution in [2.75, 3.05) is 16.9 Å². The Morgan fingerprint density at radius 3 is 2.76 bits per heavy atom. The summed E-state index contributed by atoms with van der Waals surface area (Å²) in [6.45, 7) is 0.829. The molecule has 5 heteroatoms. The first-order valence-corrected chi connectivity index (χ1v) is 9.43. The lowest BCUT2D eigenvalue weighted by Crippen LogP contribution is -2.33. The molecule has 2 aromatic heterocycles. The number of benzene rings is 1.